The van der Waals surface area contributed by atoms with E-state index in [1.54, 1.807) is 4.90 Å². The summed E-state index contributed by atoms with van der Waals surface area (Å²) < 4.78 is 38.7. The molecule has 226 valence electrons. The van der Waals surface area contributed by atoms with Crippen LogP contribution < -0.4 is 19.7 Å². The van der Waals surface area contributed by atoms with Crippen molar-refractivity contribution in [1.29, 1.82) is 0 Å². The summed E-state index contributed by atoms with van der Waals surface area (Å²) in [7, 11) is 0. The highest BCUT2D eigenvalue weighted by molar-refractivity contribution is 5.90. The predicted molar refractivity (Wildman–Crippen MR) is 138 cm³/mol. The van der Waals surface area contributed by atoms with Crippen LogP contribution in [0.3, 0.4) is 0 Å². The molecule has 4 saturated carbocycles. The molecule has 0 spiro atoms. The van der Waals surface area contributed by atoms with Crippen LogP contribution in [0, 0.1) is 17.8 Å². The molecular formula is C28H39F3N5O5+. The van der Waals surface area contributed by atoms with Crippen molar-refractivity contribution in [3.05, 3.63) is 35.9 Å². The number of rotatable bonds is 5. The molecule has 4 bridgehead atoms. The first-order valence-electron chi connectivity index (χ1n) is 14.3. The first-order valence-corrected chi connectivity index (χ1v) is 14.3. The van der Waals surface area contributed by atoms with Crippen molar-refractivity contribution in [3.8, 4) is 0 Å². The highest BCUT2D eigenvalue weighted by Crippen LogP contribution is 2.55. The Morgan fingerprint density at radius 1 is 1.15 bits per heavy atom. The Hall–Kier alpha value is -3.35. The van der Waals surface area contributed by atoms with Crippen molar-refractivity contribution < 1.29 is 48.1 Å². The second-order valence-corrected chi connectivity index (χ2v) is 12.0. The van der Waals surface area contributed by atoms with Gasteiger partial charge in [0.15, 0.2) is 5.52 Å². The highest BCUT2D eigenvalue weighted by Gasteiger charge is 2.52. The predicted octanol–water partition coefficient (Wildman–Crippen LogP) is 0.854. The summed E-state index contributed by atoms with van der Waals surface area (Å²) in [5.41, 5.74) is 2.13. The Labute approximate surface area is 237 Å². The number of ether oxygens (including phenoxy) is 1. The number of imidazole rings is 1. The van der Waals surface area contributed by atoms with E-state index in [0.717, 1.165) is 67.9 Å². The number of hydrogen-bond acceptors (Lipinski definition) is 5. The lowest BCUT2D eigenvalue weighted by atomic mass is 9.53. The molecule has 0 unspecified atom stereocenters. The molecule has 1 saturated heterocycles. The van der Waals surface area contributed by atoms with Gasteiger partial charge in [-0.3, -0.25) is 9.69 Å². The van der Waals surface area contributed by atoms with Gasteiger partial charge in [0.1, 0.15) is 12.5 Å². The lowest BCUT2D eigenvalue weighted by Crippen LogP contribution is -3.13. The van der Waals surface area contributed by atoms with Gasteiger partial charge in [0.25, 0.3) is 0 Å². The molecule has 5 aliphatic rings. The number of piperazine rings is 1. The van der Waals surface area contributed by atoms with Crippen molar-refractivity contribution in [2.24, 2.45) is 17.8 Å². The van der Waals surface area contributed by atoms with Crippen molar-refractivity contribution in [1.82, 2.24) is 15.2 Å². The largest absolute Gasteiger partial charge is 0.542 e. The van der Waals surface area contributed by atoms with E-state index in [0.29, 0.717) is 25.5 Å². The molecule has 13 heteroatoms. The molecule has 3 heterocycles. The van der Waals surface area contributed by atoms with Gasteiger partial charge in [0.2, 0.25) is 5.69 Å². The van der Waals surface area contributed by atoms with E-state index in [1.807, 2.05) is 29.7 Å². The second kappa shape index (κ2) is 11.5. The number of carbonyl (C=O) groups excluding carboxylic acids is 3. The lowest BCUT2D eigenvalue weighted by Gasteiger charge is -2.56. The average molecular weight is 583 g/mol. The number of aliphatic carboxylic acids is 1. The summed E-state index contributed by atoms with van der Waals surface area (Å²) in [5.74, 6) is 0.0426. The van der Waals surface area contributed by atoms with Gasteiger partial charge < -0.3 is 24.9 Å². The molecule has 0 atom stereocenters. The Morgan fingerprint density at radius 2 is 1.73 bits per heavy atom. The number of quaternary nitrogens is 1. The number of carboxylic acids is 1. The van der Waals surface area contributed by atoms with E-state index in [-0.39, 0.29) is 19.0 Å². The zero-order valence-electron chi connectivity index (χ0n) is 23.1. The highest BCUT2D eigenvalue weighted by atomic mass is 19.4. The number of halogens is 3. The monoisotopic (exact) mass is 582 g/mol. The smallest absolute Gasteiger partial charge is 0.430 e. The van der Waals surface area contributed by atoms with E-state index >= 15 is 0 Å². The van der Waals surface area contributed by atoms with Gasteiger partial charge in [0.05, 0.1) is 39.0 Å². The molecule has 2 amide bonds. The molecule has 5 fully saturated rings. The standard InChI is InChI=1S/C26H35N5O3.C2HF3O2.H2/c1-2-34-25(33)30-9-7-29(8-10-30)17-21-22-5-3-4-6-31(22)23(27-21)24(32)28-26-14-18-11-19(15-26)13-20(12-18)16-26;3-2(4,5)1(6)7;/h3-6,18-20H,2,7-17H2,1H3,(H,28,32);(H,6,7);1H/p+1. The second-order valence-electron chi connectivity index (χ2n) is 12.0. The third kappa shape index (κ3) is 6.44. The number of pyridine rings is 1. The molecule has 7 rings (SSSR count). The van der Waals surface area contributed by atoms with Crippen LogP contribution >= 0.6 is 0 Å². The summed E-state index contributed by atoms with van der Waals surface area (Å²) in [5, 5.41) is 12.3. The van der Waals surface area contributed by atoms with E-state index < -0.39 is 12.1 Å². The van der Waals surface area contributed by atoms with E-state index in [4.69, 9.17) is 14.6 Å². The number of carboxylic acid groups (broad SMARTS) is 1. The van der Waals surface area contributed by atoms with Crippen LogP contribution in [-0.2, 0) is 16.1 Å². The van der Waals surface area contributed by atoms with Gasteiger partial charge in [0, 0.05) is 6.97 Å². The maximum Gasteiger partial charge on any atom is 0.430 e. The zero-order valence-corrected chi connectivity index (χ0v) is 23.1. The van der Waals surface area contributed by atoms with Crippen LogP contribution in [0.2, 0.25) is 0 Å². The molecular weight excluding hydrogens is 543 g/mol. The van der Waals surface area contributed by atoms with Crippen LogP contribution in [0.25, 0.3) is 5.52 Å². The van der Waals surface area contributed by atoms with Gasteiger partial charge in [-0.1, -0.05) is 6.07 Å². The van der Waals surface area contributed by atoms with Crippen molar-refractivity contribution in [2.45, 2.75) is 63.7 Å². The van der Waals surface area contributed by atoms with Crippen LogP contribution in [-0.4, -0.2) is 72.4 Å². The molecule has 0 aromatic carbocycles. The van der Waals surface area contributed by atoms with E-state index in [9.17, 15) is 22.8 Å². The van der Waals surface area contributed by atoms with Gasteiger partial charge in [-0.25, -0.2) is 9.78 Å². The number of H-pyrrole nitrogens is 1. The molecule has 1 aliphatic heterocycles. The number of nitrogens with zero attached hydrogens (tertiary/aromatic N) is 2. The van der Waals surface area contributed by atoms with Crippen LogP contribution in [0.4, 0.5) is 18.0 Å². The molecule has 2 aromatic rings. The fourth-order valence-electron chi connectivity index (χ4n) is 7.66. The van der Waals surface area contributed by atoms with Gasteiger partial charge in [-0.15, -0.1) is 0 Å². The third-order valence-electron chi connectivity index (χ3n) is 8.97. The number of amides is 2. The maximum atomic E-state index is 13.6. The van der Waals surface area contributed by atoms with Crippen LogP contribution in [0.1, 0.15) is 63.2 Å². The molecule has 3 N–H and O–H groups in total. The van der Waals surface area contributed by atoms with Gasteiger partial charge >= 0.3 is 24.0 Å². The van der Waals surface area contributed by atoms with E-state index in [2.05, 4.69) is 16.4 Å². The minimum atomic E-state index is -5.19. The fourth-order valence-corrected chi connectivity index (χ4v) is 7.66. The minimum Gasteiger partial charge on any atom is -0.542 e. The normalized spacial score (nSPS) is 27.3. The third-order valence-corrected chi connectivity index (χ3v) is 8.97. The van der Waals surface area contributed by atoms with Crippen LogP contribution in [0.15, 0.2) is 24.4 Å². The first-order chi connectivity index (χ1) is 19.5. The average Bonchev–Trinajstić information content (AvgIpc) is 3.26. The van der Waals surface area contributed by atoms with Crippen LogP contribution in [0.5, 0.6) is 0 Å². The van der Waals surface area contributed by atoms with E-state index in [1.165, 1.54) is 24.2 Å². The zero-order chi connectivity index (χ0) is 29.4. The summed E-state index contributed by atoms with van der Waals surface area (Å²) in [4.78, 5) is 41.1. The summed E-state index contributed by atoms with van der Waals surface area (Å²) in [6.45, 7) is 6.17. The number of carbonyl (C=O) groups is 3. The topological polar surface area (TPSA) is 123 Å². The number of nitrogens with one attached hydrogen (secondary N) is 3. The lowest BCUT2D eigenvalue weighted by molar-refractivity contribution is -0.917. The number of aromatic amines is 1. The summed E-state index contributed by atoms with van der Waals surface area (Å²) in [6, 6.07) is 6.10. The van der Waals surface area contributed by atoms with Gasteiger partial charge in [-0.2, -0.15) is 17.6 Å². The molecule has 41 heavy (non-hydrogen) atoms. The number of fused-ring (bicyclic) bond motifs is 1. The maximum absolute atomic E-state index is 13.6. The minimum absolute atomic E-state index is 0. The Bertz CT molecular complexity index is 1260. The number of aromatic nitrogens is 2. The van der Waals surface area contributed by atoms with Crippen molar-refractivity contribution in [2.75, 3.05) is 32.8 Å². The van der Waals surface area contributed by atoms with Gasteiger partial charge in [-0.05, 0) is 75.3 Å². The molecule has 0 radical (unpaired) electrons. The summed E-state index contributed by atoms with van der Waals surface area (Å²) in [6.07, 6.45) is 4.12. The first kappa shape index (κ1) is 29.2. The Morgan fingerprint density at radius 3 is 2.27 bits per heavy atom. The molecule has 10 nitrogen and oxygen atoms in total. The SMILES string of the molecule is CCOC(=O)N1CC[NH+](Cc2[nH]c(C(=O)NC34CC5CC(CC(C5)C3)C4)[n+]3ccccc23)CC1.O=C([O-])C(F)(F)F.[HH]. The number of alkyl halides is 3. The summed E-state index contributed by atoms with van der Waals surface area (Å²) >= 11 is 0. The Balaban J connectivity index is 0.000000454. The fraction of sp³-hybridized carbons (Fsp3) is 0.643. The molecule has 2 aromatic heterocycles. The quantitative estimate of drug-likeness (QED) is 0.452. The van der Waals surface area contributed by atoms with Crippen molar-refractivity contribution >= 4 is 23.5 Å². The number of hydrogen-bond donors (Lipinski definition) is 3. The molecule has 4 aliphatic carbocycles. The van der Waals surface area contributed by atoms with Crippen molar-refractivity contribution in [3.63, 3.8) is 0 Å². The Kier molecular flexibility index (Phi) is 8.18.